The highest BCUT2D eigenvalue weighted by atomic mass is 15.1. The van der Waals surface area contributed by atoms with Gasteiger partial charge in [-0.15, -0.1) is 0 Å². The average Bonchev–Trinajstić information content (AvgIpc) is 3.04. The van der Waals surface area contributed by atoms with Gasteiger partial charge in [0.15, 0.2) is 0 Å². The highest BCUT2D eigenvalue weighted by Crippen LogP contribution is 2.30. The number of hydrogen-bond donors (Lipinski definition) is 1. The van der Waals surface area contributed by atoms with Crippen LogP contribution in [0.1, 0.15) is 53.4 Å². The molecule has 1 aliphatic carbocycles. The van der Waals surface area contributed by atoms with Gasteiger partial charge in [0.25, 0.3) is 0 Å². The molecule has 102 valence electrons. The summed E-state index contributed by atoms with van der Waals surface area (Å²) in [6, 6.07) is 0.722. The molecule has 2 heteroatoms. The van der Waals surface area contributed by atoms with E-state index in [-0.39, 0.29) is 0 Å². The molecule has 0 aliphatic heterocycles. The van der Waals surface area contributed by atoms with Gasteiger partial charge in [-0.2, -0.15) is 0 Å². The van der Waals surface area contributed by atoms with Gasteiger partial charge in [0.05, 0.1) is 0 Å². The zero-order valence-electron chi connectivity index (χ0n) is 12.3. The Morgan fingerprint density at radius 3 is 2.35 bits per heavy atom. The van der Waals surface area contributed by atoms with Gasteiger partial charge in [-0.1, -0.05) is 13.8 Å². The van der Waals surface area contributed by atoms with Crippen LogP contribution in [-0.2, 0) is 0 Å². The SMILES string of the molecule is CC(C)CNCCCCN(CC1CC1)C(C)C. The van der Waals surface area contributed by atoms with Crippen LogP contribution in [0.5, 0.6) is 0 Å². The minimum absolute atomic E-state index is 0.722. The third-order valence-electron chi connectivity index (χ3n) is 3.52. The van der Waals surface area contributed by atoms with Crippen molar-refractivity contribution in [2.75, 3.05) is 26.2 Å². The fraction of sp³-hybridized carbons (Fsp3) is 1.00. The van der Waals surface area contributed by atoms with Crippen molar-refractivity contribution < 1.29 is 0 Å². The summed E-state index contributed by atoms with van der Waals surface area (Å²) in [6.45, 7) is 14.2. The maximum Gasteiger partial charge on any atom is 0.00387 e. The molecule has 0 aromatic rings. The van der Waals surface area contributed by atoms with Gasteiger partial charge in [0, 0.05) is 12.6 Å². The van der Waals surface area contributed by atoms with Crippen LogP contribution in [0.2, 0.25) is 0 Å². The highest BCUT2D eigenvalue weighted by molar-refractivity contribution is 4.78. The average molecular weight is 240 g/mol. The Labute approximate surface area is 108 Å². The molecule has 0 aromatic carbocycles. The summed E-state index contributed by atoms with van der Waals surface area (Å²) >= 11 is 0. The van der Waals surface area contributed by atoms with Gasteiger partial charge in [-0.25, -0.2) is 0 Å². The molecular weight excluding hydrogens is 208 g/mol. The van der Waals surface area contributed by atoms with E-state index in [0.717, 1.165) is 24.4 Å². The second-order valence-electron chi connectivity index (χ2n) is 6.34. The van der Waals surface area contributed by atoms with E-state index < -0.39 is 0 Å². The summed E-state index contributed by atoms with van der Waals surface area (Å²) in [7, 11) is 0. The molecule has 1 rings (SSSR count). The Kier molecular flexibility index (Phi) is 7.14. The minimum Gasteiger partial charge on any atom is -0.316 e. The summed E-state index contributed by atoms with van der Waals surface area (Å²) in [5.74, 6) is 1.80. The zero-order valence-corrected chi connectivity index (χ0v) is 12.3. The van der Waals surface area contributed by atoms with Crippen molar-refractivity contribution in [3.05, 3.63) is 0 Å². The van der Waals surface area contributed by atoms with E-state index in [0.29, 0.717) is 0 Å². The molecule has 0 spiro atoms. The summed E-state index contributed by atoms with van der Waals surface area (Å²) in [5, 5.41) is 3.52. The first-order chi connectivity index (χ1) is 8.09. The van der Waals surface area contributed by atoms with Crippen LogP contribution in [0.15, 0.2) is 0 Å². The van der Waals surface area contributed by atoms with Crippen LogP contribution in [0.3, 0.4) is 0 Å². The number of unbranched alkanes of at least 4 members (excludes halogenated alkanes) is 1. The van der Waals surface area contributed by atoms with E-state index >= 15 is 0 Å². The van der Waals surface area contributed by atoms with Crippen molar-refractivity contribution in [2.45, 2.75) is 59.4 Å². The van der Waals surface area contributed by atoms with Crippen LogP contribution >= 0.6 is 0 Å². The maximum atomic E-state index is 3.52. The standard InChI is InChI=1S/C15H32N2/c1-13(2)11-16-9-5-6-10-17(14(3)4)12-15-7-8-15/h13-16H,5-12H2,1-4H3. The summed E-state index contributed by atoms with van der Waals surface area (Å²) < 4.78 is 0. The second kappa shape index (κ2) is 8.10. The van der Waals surface area contributed by atoms with Crippen LogP contribution in [-0.4, -0.2) is 37.1 Å². The lowest BCUT2D eigenvalue weighted by atomic mass is 10.2. The molecule has 0 aromatic heterocycles. The van der Waals surface area contributed by atoms with E-state index in [1.54, 1.807) is 0 Å². The first-order valence-electron chi connectivity index (χ1n) is 7.54. The van der Waals surface area contributed by atoms with Crippen LogP contribution in [0.4, 0.5) is 0 Å². The molecule has 0 atom stereocenters. The van der Waals surface area contributed by atoms with Gasteiger partial charge in [0.2, 0.25) is 0 Å². The molecule has 17 heavy (non-hydrogen) atoms. The fourth-order valence-electron chi connectivity index (χ4n) is 2.15. The van der Waals surface area contributed by atoms with E-state index in [1.165, 1.54) is 45.3 Å². The predicted molar refractivity (Wildman–Crippen MR) is 76.4 cm³/mol. The van der Waals surface area contributed by atoms with E-state index in [1.807, 2.05) is 0 Å². The van der Waals surface area contributed by atoms with Crippen molar-refractivity contribution in [3.63, 3.8) is 0 Å². The fourth-order valence-corrected chi connectivity index (χ4v) is 2.15. The normalized spacial score (nSPS) is 16.4. The number of hydrogen-bond acceptors (Lipinski definition) is 2. The topological polar surface area (TPSA) is 15.3 Å². The molecule has 1 fully saturated rings. The van der Waals surface area contributed by atoms with Gasteiger partial charge in [-0.05, 0) is 71.0 Å². The predicted octanol–water partition coefficient (Wildman–Crippen LogP) is 3.13. The molecular formula is C15H32N2. The van der Waals surface area contributed by atoms with Crippen molar-refractivity contribution in [1.82, 2.24) is 10.2 Å². The molecule has 1 aliphatic rings. The smallest absolute Gasteiger partial charge is 0.00387 e. The largest absolute Gasteiger partial charge is 0.316 e. The molecule has 0 unspecified atom stereocenters. The first-order valence-corrected chi connectivity index (χ1v) is 7.54. The van der Waals surface area contributed by atoms with Crippen molar-refractivity contribution in [1.29, 1.82) is 0 Å². The van der Waals surface area contributed by atoms with E-state index in [2.05, 4.69) is 37.9 Å². The third kappa shape index (κ3) is 7.77. The van der Waals surface area contributed by atoms with Gasteiger partial charge in [-0.3, -0.25) is 0 Å². The molecule has 0 bridgehead atoms. The molecule has 1 N–H and O–H groups in total. The molecule has 0 heterocycles. The zero-order chi connectivity index (χ0) is 12.7. The Bertz CT molecular complexity index is 185. The lowest BCUT2D eigenvalue weighted by molar-refractivity contribution is 0.208. The van der Waals surface area contributed by atoms with Crippen LogP contribution < -0.4 is 5.32 Å². The molecule has 0 saturated heterocycles. The number of rotatable bonds is 10. The molecule has 1 saturated carbocycles. The number of nitrogens with zero attached hydrogens (tertiary/aromatic N) is 1. The van der Waals surface area contributed by atoms with Crippen LogP contribution in [0.25, 0.3) is 0 Å². The Hall–Kier alpha value is -0.0800. The van der Waals surface area contributed by atoms with Gasteiger partial charge >= 0.3 is 0 Å². The van der Waals surface area contributed by atoms with Crippen molar-refractivity contribution >= 4 is 0 Å². The van der Waals surface area contributed by atoms with Crippen molar-refractivity contribution in [3.8, 4) is 0 Å². The monoisotopic (exact) mass is 240 g/mol. The Balaban J connectivity index is 1.98. The molecule has 0 amide bonds. The quantitative estimate of drug-likeness (QED) is 0.590. The molecule has 2 nitrogen and oxygen atoms in total. The Morgan fingerprint density at radius 1 is 1.12 bits per heavy atom. The van der Waals surface area contributed by atoms with Crippen LogP contribution in [0, 0.1) is 11.8 Å². The summed E-state index contributed by atoms with van der Waals surface area (Å²) in [6.07, 6.45) is 5.61. The highest BCUT2D eigenvalue weighted by Gasteiger charge is 2.24. The Morgan fingerprint density at radius 2 is 1.82 bits per heavy atom. The minimum atomic E-state index is 0.722. The third-order valence-corrected chi connectivity index (χ3v) is 3.52. The summed E-state index contributed by atoms with van der Waals surface area (Å²) in [4.78, 5) is 2.67. The van der Waals surface area contributed by atoms with Gasteiger partial charge in [0.1, 0.15) is 0 Å². The van der Waals surface area contributed by atoms with Crippen molar-refractivity contribution in [2.24, 2.45) is 11.8 Å². The lowest BCUT2D eigenvalue weighted by Crippen LogP contribution is -2.34. The maximum absolute atomic E-state index is 3.52. The lowest BCUT2D eigenvalue weighted by Gasteiger charge is -2.26. The van der Waals surface area contributed by atoms with Gasteiger partial charge < -0.3 is 10.2 Å². The van der Waals surface area contributed by atoms with E-state index in [9.17, 15) is 0 Å². The molecule has 0 radical (unpaired) electrons. The first kappa shape index (κ1) is 15.0. The number of nitrogens with one attached hydrogen (secondary N) is 1. The summed E-state index contributed by atoms with van der Waals surface area (Å²) in [5.41, 5.74) is 0. The second-order valence-corrected chi connectivity index (χ2v) is 6.34. The van der Waals surface area contributed by atoms with E-state index in [4.69, 9.17) is 0 Å².